The van der Waals surface area contributed by atoms with Gasteiger partial charge >= 0.3 is 5.97 Å². The fourth-order valence-electron chi connectivity index (χ4n) is 1.54. The molecule has 2 aromatic rings. The lowest BCUT2D eigenvalue weighted by atomic mass is 10.1. The molecule has 0 fully saturated rings. The summed E-state index contributed by atoms with van der Waals surface area (Å²) in [5.74, 6) is -1.46. The molecule has 1 aromatic carbocycles. The number of thiophene rings is 1. The van der Waals surface area contributed by atoms with E-state index in [-0.39, 0.29) is 5.91 Å². The summed E-state index contributed by atoms with van der Waals surface area (Å²) >= 11 is 1.39. The van der Waals surface area contributed by atoms with E-state index < -0.39 is 12.0 Å². The molecule has 1 aromatic heterocycles. The summed E-state index contributed by atoms with van der Waals surface area (Å²) in [6.07, 6.45) is 0. The molecule has 0 aliphatic carbocycles. The van der Waals surface area contributed by atoms with E-state index >= 15 is 0 Å². The van der Waals surface area contributed by atoms with E-state index in [4.69, 9.17) is 5.11 Å². The van der Waals surface area contributed by atoms with Gasteiger partial charge in [0.1, 0.15) is 0 Å². The van der Waals surface area contributed by atoms with Gasteiger partial charge in [-0.1, -0.05) is 30.3 Å². The Balaban J connectivity index is 2.18. The lowest BCUT2D eigenvalue weighted by Gasteiger charge is -2.14. The van der Waals surface area contributed by atoms with Crippen LogP contribution in [0.15, 0.2) is 47.2 Å². The summed E-state index contributed by atoms with van der Waals surface area (Å²) in [6.45, 7) is 0. The molecule has 0 aliphatic rings. The second-order valence-corrected chi connectivity index (χ2v) is 4.45. The first kappa shape index (κ1) is 12.3. The maximum atomic E-state index is 11.8. The molecule has 1 amide bonds. The van der Waals surface area contributed by atoms with Gasteiger partial charge in [0, 0.05) is 5.38 Å². The highest BCUT2D eigenvalue weighted by atomic mass is 32.1. The van der Waals surface area contributed by atoms with Crippen molar-refractivity contribution in [3.05, 3.63) is 58.3 Å². The van der Waals surface area contributed by atoms with Gasteiger partial charge in [0.15, 0.2) is 6.04 Å². The standard InChI is InChI=1S/C13H11NO3S/c15-12(10-6-7-18-8-10)14-11(13(16)17)9-4-2-1-3-5-9/h1-8,11H,(H,14,15)(H,16,17)/t11-/m0/s1. The van der Waals surface area contributed by atoms with Gasteiger partial charge < -0.3 is 10.4 Å². The summed E-state index contributed by atoms with van der Waals surface area (Å²) in [4.78, 5) is 23.0. The van der Waals surface area contributed by atoms with Gasteiger partial charge in [-0.25, -0.2) is 4.79 Å². The predicted octanol–water partition coefficient (Wildman–Crippen LogP) is 2.30. The Labute approximate surface area is 108 Å². The number of carboxylic acid groups (broad SMARTS) is 1. The summed E-state index contributed by atoms with van der Waals surface area (Å²) < 4.78 is 0. The van der Waals surface area contributed by atoms with Crippen LogP contribution in [-0.2, 0) is 4.79 Å². The van der Waals surface area contributed by atoms with E-state index in [1.54, 1.807) is 47.2 Å². The van der Waals surface area contributed by atoms with Gasteiger partial charge in [-0.15, -0.1) is 0 Å². The zero-order valence-corrected chi connectivity index (χ0v) is 10.2. The number of carboxylic acids is 1. The number of rotatable bonds is 4. The Morgan fingerprint density at radius 2 is 1.89 bits per heavy atom. The van der Waals surface area contributed by atoms with E-state index in [1.165, 1.54) is 11.3 Å². The normalized spacial score (nSPS) is 11.8. The van der Waals surface area contributed by atoms with Crippen LogP contribution in [0.4, 0.5) is 0 Å². The van der Waals surface area contributed by atoms with Crippen molar-refractivity contribution >= 4 is 23.2 Å². The van der Waals surface area contributed by atoms with Crippen molar-refractivity contribution in [2.45, 2.75) is 6.04 Å². The first-order valence-electron chi connectivity index (χ1n) is 5.29. The number of amides is 1. The van der Waals surface area contributed by atoms with Crippen molar-refractivity contribution in [2.24, 2.45) is 0 Å². The number of hydrogen-bond acceptors (Lipinski definition) is 3. The van der Waals surface area contributed by atoms with Crippen LogP contribution in [0.25, 0.3) is 0 Å². The van der Waals surface area contributed by atoms with Gasteiger partial charge in [0.05, 0.1) is 5.56 Å². The number of benzene rings is 1. The minimum atomic E-state index is -1.08. The van der Waals surface area contributed by atoms with Crippen molar-refractivity contribution in [3.8, 4) is 0 Å². The van der Waals surface area contributed by atoms with Crippen molar-refractivity contribution in [3.63, 3.8) is 0 Å². The van der Waals surface area contributed by atoms with Gasteiger partial charge in [-0.05, 0) is 17.0 Å². The Bertz CT molecular complexity index is 537. The zero-order chi connectivity index (χ0) is 13.0. The van der Waals surface area contributed by atoms with Crippen LogP contribution >= 0.6 is 11.3 Å². The Hall–Kier alpha value is -2.14. The Morgan fingerprint density at radius 1 is 1.17 bits per heavy atom. The molecule has 1 heterocycles. The molecule has 0 spiro atoms. The molecule has 4 nitrogen and oxygen atoms in total. The molecule has 0 radical (unpaired) electrons. The second kappa shape index (κ2) is 5.46. The number of hydrogen-bond donors (Lipinski definition) is 2. The summed E-state index contributed by atoms with van der Waals surface area (Å²) in [7, 11) is 0. The highest BCUT2D eigenvalue weighted by Crippen LogP contribution is 2.14. The summed E-state index contributed by atoms with van der Waals surface area (Å²) in [6, 6.07) is 9.25. The molecular weight excluding hydrogens is 250 g/mol. The largest absolute Gasteiger partial charge is 0.479 e. The van der Waals surface area contributed by atoms with Crippen LogP contribution in [-0.4, -0.2) is 17.0 Å². The molecule has 92 valence electrons. The van der Waals surface area contributed by atoms with E-state index in [0.29, 0.717) is 11.1 Å². The first-order chi connectivity index (χ1) is 8.68. The van der Waals surface area contributed by atoms with Crippen LogP contribution in [0.1, 0.15) is 22.0 Å². The molecule has 18 heavy (non-hydrogen) atoms. The number of aliphatic carboxylic acids is 1. The predicted molar refractivity (Wildman–Crippen MR) is 68.6 cm³/mol. The van der Waals surface area contributed by atoms with Gasteiger partial charge in [-0.3, -0.25) is 4.79 Å². The summed E-state index contributed by atoms with van der Waals surface area (Å²) in [5, 5.41) is 15.1. The second-order valence-electron chi connectivity index (χ2n) is 3.67. The molecule has 2 N–H and O–H groups in total. The monoisotopic (exact) mass is 261 g/mol. The molecule has 5 heteroatoms. The maximum Gasteiger partial charge on any atom is 0.330 e. The molecule has 0 aliphatic heterocycles. The number of carbonyl (C=O) groups is 2. The van der Waals surface area contributed by atoms with Gasteiger partial charge in [0.2, 0.25) is 0 Å². The van der Waals surface area contributed by atoms with Crippen LogP contribution in [0.2, 0.25) is 0 Å². The third-order valence-electron chi connectivity index (χ3n) is 2.44. The molecule has 0 bridgehead atoms. The smallest absolute Gasteiger partial charge is 0.330 e. The SMILES string of the molecule is O=C(N[C@H](C(=O)O)c1ccccc1)c1ccsc1. The maximum absolute atomic E-state index is 11.8. The first-order valence-corrected chi connectivity index (χ1v) is 6.23. The molecule has 2 rings (SSSR count). The van der Waals surface area contributed by atoms with E-state index in [1.807, 2.05) is 0 Å². The van der Waals surface area contributed by atoms with Crippen LogP contribution in [0.3, 0.4) is 0 Å². The highest BCUT2D eigenvalue weighted by molar-refractivity contribution is 7.08. The lowest BCUT2D eigenvalue weighted by molar-refractivity contribution is -0.139. The van der Waals surface area contributed by atoms with Crippen LogP contribution in [0, 0.1) is 0 Å². The van der Waals surface area contributed by atoms with E-state index in [9.17, 15) is 9.59 Å². The minimum absolute atomic E-state index is 0.382. The molecule has 0 saturated heterocycles. The fraction of sp³-hybridized carbons (Fsp3) is 0.0769. The van der Waals surface area contributed by atoms with Crippen molar-refractivity contribution in [1.29, 1.82) is 0 Å². The molecule has 0 saturated carbocycles. The van der Waals surface area contributed by atoms with Crippen LogP contribution in [0.5, 0.6) is 0 Å². The Morgan fingerprint density at radius 3 is 2.44 bits per heavy atom. The topological polar surface area (TPSA) is 66.4 Å². The van der Waals surface area contributed by atoms with Crippen molar-refractivity contribution < 1.29 is 14.7 Å². The third-order valence-corrected chi connectivity index (χ3v) is 3.12. The average Bonchev–Trinajstić information content (AvgIpc) is 2.90. The van der Waals surface area contributed by atoms with Gasteiger partial charge in [0.25, 0.3) is 5.91 Å². The van der Waals surface area contributed by atoms with Crippen LogP contribution < -0.4 is 5.32 Å². The number of carbonyl (C=O) groups excluding carboxylic acids is 1. The lowest BCUT2D eigenvalue weighted by Crippen LogP contribution is -2.33. The quantitative estimate of drug-likeness (QED) is 0.887. The van der Waals surface area contributed by atoms with Crippen molar-refractivity contribution in [2.75, 3.05) is 0 Å². The minimum Gasteiger partial charge on any atom is -0.479 e. The third kappa shape index (κ3) is 2.75. The number of nitrogens with one attached hydrogen (secondary N) is 1. The molecular formula is C13H11NO3S. The molecule has 1 atom stereocenters. The van der Waals surface area contributed by atoms with Gasteiger partial charge in [-0.2, -0.15) is 11.3 Å². The Kier molecular flexibility index (Phi) is 3.74. The highest BCUT2D eigenvalue weighted by Gasteiger charge is 2.22. The molecule has 0 unspecified atom stereocenters. The average molecular weight is 261 g/mol. The van der Waals surface area contributed by atoms with E-state index in [0.717, 1.165) is 0 Å². The summed E-state index contributed by atoms with van der Waals surface area (Å²) in [5.41, 5.74) is 1.02. The van der Waals surface area contributed by atoms with E-state index in [2.05, 4.69) is 5.32 Å². The fourth-order valence-corrected chi connectivity index (χ4v) is 2.18. The zero-order valence-electron chi connectivity index (χ0n) is 9.37. The van der Waals surface area contributed by atoms with Crippen molar-refractivity contribution in [1.82, 2.24) is 5.32 Å².